The first-order chi connectivity index (χ1) is 15.8. The SMILES string of the molecule is CCCCCCCCCCc1ccc(-c2cc3cc4cc5ccsc5cc4cc3[se]2)cc1. The molecule has 0 atom stereocenters. The second kappa shape index (κ2) is 10.4. The molecule has 5 aromatic rings. The summed E-state index contributed by atoms with van der Waals surface area (Å²) in [6.07, 6.45) is 12.4. The molecule has 0 saturated heterocycles. The van der Waals surface area contributed by atoms with Crippen molar-refractivity contribution < 1.29 is 0 Å². The van der Waals surface area contributed by atoms with Crippen LogP contribution in [0.3, 0.4) is 0 Å². The van der Waals surface area contributed by atoms with E-state index in [1.807, 2.05) is 11.3 Å². The molecule has 0 aliphatic rings. The van der Waals surface area contributed by atoms with Crippen LogP contribution in [0.5, 0.6) is 0 Å². The van der Waals surface area contributed by atoms with Gasteiger partial charge in [-0.05, 0) is 0 Å². The molecule has 5 rings (SSSR count). The van der Waals surface area contributed by atoms with Crippen molar-refractivity contribution in [3.05, 3.63) is 71.6 Å². The monoisotopic (exact) mass is 504 g/mol. The molecule has 0 fully saturated rings. The number of fused-ring (bicyclic) bond motifs is 3. The standard InChI is InChI=1S/C30H32SSe/c1-2-3-4-5-6-7-8-9-10-22-11-13-23(14-12-22)29-21-27-18-25-17-24-15-16-31-28(24)19-26(25)20-30(27)32-29/h11-21H,2-10H2,1H3. The van der Waals surface area contributed by atoms with Gasteiger partial charge in [-0.1, -0.05) is 19.8 Å². The first-order valence-corrected chi connectivity index (χ1v) is 14.8. The van der Waals surface area contributed by atoms with Crippen LogP contribution in [0.15, 0.2) is 66.0 Å². The van der Waals surface area contributed by atoms with E-state index in [2.05, 4.69) is 73.0 Å². The van der Waals surface area contributed by atoms with Gasteiger partial charge in [-0.25, -0.2) is 0 Å². The molecule has 2 aromatic heterocycles. The van der Waals surface area contributed by atoms with Crippen molar-refractivity contribution in [2.24, 2.45) is 0 Å². The number of aryl methyl sites for hydroxylation is 1. The topological polar surface area (TPSA) is 0 Å². The van der Waals surface area contributed by atoms with E-state index < -0.39 is 0 Å². The van der Waals surface area contributed by atoms with Crippen LogP contribution in [0, 0.1) is 0 Å². The van der Waals surface area contributed by atoms with Crippen LogP contribution in [-0.4, -0.2) is 14.5 Å². The van der Waals surface area contributed by atoms with Gasteiger partial charge in [0.05, 0.1) is 0 Å². The Morgan fingerprint density at radius 1 is 0.656 bits per heavy atom. The van der Waals surface area contributed by atoms with Crippen molar-refractivity contribution in [1.82, 2.24) is 0 Å². The molecule has 32 heavy (non-hydrogen) atoms. The Morgan fingerprint density at radius 2 is 1.38 bits per heavy atom. The van der Waals surface area contributed by atoms with E-state index in [1.54, 1.807) is 0 Å². The molecule has 0 radical (unpaired) electrons. The predicted molar refractivity (Wildman–Crippen MR) is 146 cm³/mol. The minimum atomic E-state index is 0.396. The summed E-state index contributed by atoms with van der Waals surface area (Å²) in [7, 11) is 0. The number of hydrogen-bond donors (Lipinski definition) is 0. The average molecular weight is 504 g/mol. The number of unbranched alkanes of at least 4 members (excludes halogenated alkanes) is 7. The van der Waals surface area contributed by atoms with E-state index in [1.165, 1.54) is 104 Å². The van der Waals surface area contributed by atoms with E-state index >= 15 is 0 Å². The summed E-state index contributed by atoms with van der Waals surface area (Å²) in [4.78, 5) is 0. The molecule has 2 heteroatoms. The molecule has 0 amide bonds. The van der Waals surface area contributed by atoms with Crippen LogP contribution < -0.4 is 0 Å². The van der Waals surface area contributed by atoms with Crippen molar-refractivity contribution in [1.29, 1.82) is 0 Å². The van der Waals surface area contributed by atoms with Crippen molar-refractivity contribution >= 4 is 56.3 Å². The third-order valence-electron chi connectivity index (χ3n) is 6.60. The fourth-order valence-electron chi connectivity index (χ4n) is 4.69. The molecule has 2 heterocycles. The Labute approximate surface area is 202 Å². The van der Waals surface area contributed by atoms with Crippen LogP contribution in [0.25, 0.3) is 40.5 Å². The zero-order valence-corrected chi connectivity index (χ0v) is 21.6. The van der Waals surface area contributed by atoms with Gasteiger partial charge in [0.2, 0.25) is 0 Å². The molecule has 0 spiro atoms. The molecule has 0 aliphatic carbocycles. The second-order valence-electron chi connectivity index (χ2n) is 9.08. The van der Waals surface area contributed by atoms with E-state index in [-0.39, 0.29) is 0 Å². The molecular formula is C30H32SSe. The summed E-state index contributed by atoms with van der Waals surface area (Å²) < 4.78 is 4.44. The van der Waals surface area contributed by atoms with Gasteiger partial charge in [0.15, 0.2) is 0 Å². The van der Waals surface area contributed by atoms with Gasteiger partial charge in [0, 0.05) is 0 Å². The van der Waals surface area contributed by atoms with Crippen molar-refractivity contribution in [3.63, 3.8) is 0 Å². The van der Waals surface area contributed by atoms with Crippen LogP contribution in [-0.2, 0) is 6.42 Å². The molecular weight excluding hydrogens is 471 g/mol. The first kappa shape index (κ1) is 22.0. The third-order valence-corrected chi connectivity index (χ3v) is 9.89. The third kappa shape index (κ3) is 5.04. The molecule has 0 N–H and O–H groups in total. The van der Waals surface area contributed by atoms with E-state index in [0.29, 0.717) is 14.5 Å². The second-order valence-corrected chi connectivity index (χ2v) is 12.3. The quantitative estimate of drug-likeness (QED) is 0.131. The Kier molecular flexibility index (Phi) is 7.12. The van der Waals surface area contributed by atoms with Gasteiger partial charge < -0.3 is 0 Å². The van der Waals surface area contributed by atoms with Crippen LogP contribution in [0.2, 0.25) is 0 Å². The molecule has 3 aromatic carbocycles. The molecule has 0 aliphatic heterocycles. The van der Waals surface area contributed by atoms with Crippen molar-refractivity contribution in [3.8, 4) is 10.0 Å². The maximum atomic E-state index is 2.43. The van der Waals surface area contributed by atoms with Crippen LogP contribution in [0.4, 0.5) is 0 Å². The summed E-state index contributed by atoms with van der Waals surface area (Å²) in [6, 6.07) is 23.6. The van der Waals surface area contributed by atoms with Gasteiger partial charge in [0.25, 0.3) is 0 Å². The average Bonchev–Trinajstić information content (AvgIpc) is 3.44. The van der Waals surface area contributed by atoms with Gasteiger partial charge in [-0.2, -0.15) is 0 Å². The van der Waals surface area contributed by atoms with Gasteiger partial charge in [-0.15, -0.1) is 0 Å². The predicted octanol–water partition coefficient (Wildman–Crippen LogP) is 9.61. The van der Waals surface area contributed by atoms with Crippen molar-refractivity contribution in [2.75, 3.05) is 0 Å². The summed E-state index contributed by atoms with van der Waals surface area (Å²) >= 11 is 2.23. The van der Waals surface area contributed by atoms with E-state index in [4.69, 9.17) is 0 Å². The molecule has 0 bridgehead atoms. The maximum absolute atomic E-state index is 2.43. The fourth-order valence-corrected chi connectivity index (χ4v) is 7.81. The molecule has 0 unspecified atom stereocenters. The Morgan fingerprint density at radius 3 is 2.19 bits per heavy atom. The Hall–Kier alpha value is -1.86. The zero-order chi connectivity index (χ0) is 21.8. The number of benzene rings is 3. The van der Waals surface area contributed by atoms with E-state index in [9.17, 15) is 0 Å². The minimum absolute atomic E-state index is 0.396. The molecule has 0 saturated carbocycles. The van der Waals surface area contributed by atoms with E-state index in [0.717, 1.165) is 0 Å². The van der Waals surface area contributed by atoms with Gasteiger partial charge in [-0.3, -0.25) is 0 Å². The van der Waals surface area contributed by atoms with Crippen LogP contribution >= 0.6 is 11.3 Å². The molecule has 0 nitrogen and oxygen atoms in total. The number of rotatable bonds is 10. The van der Waals surface area contributed by atoms with Crippen LogP contribution in [0.1, 0.15) is 63.9 Å². The Bertz CT molecular complexity index is 1240. The number of thiophene rings is 1. The van der Waals surface area contributed by atoms with Crippen molar-refractivity contribution in [2.45, 2.75) is 64.7 Å². The van der Waals surface area contributed by atoms with Gasteiger partial charge >= 0.3 is 183 Å². The van der Waals surface area contributed by atoms with Gasteiger partial charge in [0.1, 0.15) is 0 Å². The first-order valence-electron chi connectivity index (χ1n) is 12.2. The normalized spacial score (nSPS) is 11.8. The summed E-state index contributed by atoms with van der Waals surface area (Å²) in [5.74, 6) is 0. The summed E-state index contributed by atoms with van der Waals surface area (Å²) in [6.45, 7) is 2.29. The molecule has 164 valence electrons. The fraction of sp³-hybridized carbons (Fsp3) is 0.333. The summed E-state index contributed by atoms with van der Waals surface area (Å²) in [5, 5.41) is 7.73. The Balaban J connectivity index is 1.23. The summed E-state index contributed by atoms with van der Waals surface area (Å²) in [5.41, 5.74) is 2.90. The zero-order valence-electron chi connectivity index (χ0n) is 19.0. The number of hydrogen-bond acceptors (Lipinski definition) is 1.